The van der Waals surface area contributed by atoms with Gasteiger partial charge in [-0.15, -0.1) is 0 Å². The van der Waals surface area contributed by atoms with E-state index < -0.39 is 11.7 Å². The monoisotopic (exact) mass is 414 g/mol. The second kappa shape index (κ2) is 9.30. The van der Waals surface area contributed by atoms with Crippen molar-refractivity contribution in [1.29, 1.82) is 0 Å². The van der Waals surface area contributed by atoms with Gasteiger partial charge >= 0.3 is 6.18 Å². The van der Waals surface area contributed by atoms with Crippen LogP contribution in [-0.2, 0) is 15.7 Å². The topological polar surface area (TPSA) is 57.7 Å². The maximum atomic E-state index is 12.7. The van der Waals surface area contributed by atoms with Gasteiger partial charge in [0.25, 0.3) is 0 Å². The van der Waals surface area contributed by atoms with Crippen LogP contribution in [0.3, 0.4) is 0 Å². The Morgan fingerprint density at radius 3 is 2.41 bits per heavy atom. The number of hydrogen-bond donors (Lipinski definition) is 1. The third-order valence-corrected chi connectivity index (χ3v) is 5.49. The van der Waals surface area contributed by atoms with Crippen molar-refractivity contribution in [2.24, 2.45) is 5.92 Å². The van der Waals surface area contributed by atoms with Gasteiger partial charge in [0.2, 0.25) is 5.91 Å². The van der Waals surface area contributed by atoms with Crippen molar-refractivity contribution in [2.75, 3.05) is 44.2 Å². The lowest BCUT2D eigenvalue weighted by Gasteiger charge is -2.35. The SMILES string of the molecule is CC1CN(CCNC(=O)C2CCN(c3ccc(C(F)(F)F)cn3)CC2)CC(C)O1. The number of carbonyl (C=O) groups is 1. The molecular weight excluding hydrogens is 385 g/mol. The molecule has 2 atom stereocenters. The molecule has 1 aromatic rings. The third kappa shape index (κ3) is 6.05. The molecular formula is C20H29F3N4O2. The molecule has 3 heterocycles. The van der Waals surface area contributed by atoms with Crippen LogP contribution in [0.1, 0.15) is 32.3 Å². The minimum Gasteiger partial charge on any atom is -0.373 e. The van der Waals surface area contributed by atoms with Gasteiger partial charge in [0, 0.05) is 51.4 Å². The first kappa shape index (κ1) is 21.8. The van der Waals surface area contributed by atoms with Crippen molar-refractivity contribution in [3.63, 3.8) is 0 Å². The molecule has 3 rings (SSSR count). The Balaban J connectivity index is 1.40. The lowest BCUT2D eigenvalue weighted by molar-refractivity contribution is -0.137. The molecule has 2 saturated heterocycles. The Labute approximate surface area is 169 Å². The Kier molecular flexibility index (Phi) is 7.00. The lowest BCUT2D eigenvalue weighted by atomic mass is 9.96. The van der Waals surface area contributed by atoms with Gasteiger partial charge in [0.05, 0.1) is 17.8 Å². The summed E-state index contributed by atoms with van der Waals surface area (Å²) in [5, 5.41) is 3.03. The summed E-state index contributed by atoms with van der Waals surface area (Å²) in [4.78, 5) is 20.6. The number of anilines is 1. The number of amides is 1. The predicted molar refractivity (Wildman–Crippen MR) is 104 cm³/mol. The highest BCUT2D eigenvalue weighted by molar-refractivity contribution is 5.78. The highest BCUT2D eigenvalue weighted by Crippen LogP contribution is 2.30. The van der Waals surface area contributed by atoms with Crippen LogP contribution in [0.25, 0.3) is 0 Å². The number of halogens is 3. The molecule has 0 spiro atoms. The molecule has 2 fully saturated rings. The van der Waals surface area contributed by atoms with E-state index in [2.05, 4.69) is 29.0 Å². The number of hydrogen-bond acceptors (Lipinski definition) is 5. The van der Waals surface area contributed by atoms with Gasteiger partial charge in [0.15, 0.2) is 0 Å². The Bertz CT molecular complexity index is 665. The molecule has 0 aromatic carbocycles. The normalized spacial score (nSPS) is 24.5. The van der Waals surface area contributed by atoms with Crippen LogP contribution >= 0.6 is 0 Å². The molecule has 1 amide bonds. The fraction of sp³-hybridized carbons (Fsp3) is 0.700. The van der Waals surface area contributed by atoms with Crippen molar-refractivity contribution in [3.05, 3.63) is 23.9 Å². The average Bonchev–Trinajstić information content (AvgIpc) is 2.67. The molecule has 1 aromatic heterocycles. The van der Waals surface area contributed by atoms with E-state index in [1.165, 1.54) is 6.07 Å². The second-order valence-electron chi connectivity index (χ2n) is 7.97. The van der Waals surface area contributed by atoms with Crippen LogP contribution in [0.4, 0.5) is 19.0 Å². The van der Waals surface area contributed by atoms with Gasteiger partial charge < -0.3 is 15.0 Å². The first-order chi connectivity index (χ1) is 13.7. The van der Waals surface area contributed by atoms with Crippen LogP contribution in [0.2, 0.25) is 0 Å². The first-order valence-electron chi connectivity index (χ1n) is 10.2. The van der Waals surface area contributed by atoms with Crippen molar-refractivity contribution in [2.45, 2.75) is 45.1 Å². The molecule has 2 unspecified atom stereocenters. The van der Waals surface area contributed by atoms with Crippen LogP contribution in [0, 0.1) is 5.92 Å². The zero-order valence-corrected chi connectivity index (χ0v) is 16.9. The van der Waals surface area contributed by atoms with E-state index in [1.807, 2.05) is 4.90 Å². The fourth-order valence-corrected chi connectivity index (χ4v) is 4.06. The van der Waals surface area contributed by atoms with Gasteiger partial charge in [-0.05, 0) is 38.8 Å². The quantitative estimate of drug-likeness (QED) is 0.803. The zero-order chi connectivity index (χ0) is 21.0. The molecule has 29 heavy (non-hydrogen) atoms. The van der Waals surface area contributed by atoms with E-state index in [4.69, 9.17) is 4.74 Å². The summed E-state index contributed by atoms with van der Waals surface area (Å²) in [5.41, 5.74) is -0.750. The molecule has 0 bridgehead atoms. The highest BCUT2D eigenvalue weighted by Gasteiger charge is 2.31. The third-order valence-electron chi connectivity index (χ3n) is 5.49. The molecule has 0 saturated carbocycles. The smallest absolute Gasteiger partial charge is 0.373 e. The molecule has 0 radical (unpaired) electrons. The molecule has 1 N–H and O–H groups in total. The van der Waals surface area contributed by atoms with Gasteiger partial charge in [-0.1, -0.05) is 0 Å². The number of carbonyl (C=O) groups excluding carboxylic acids is 1. The number of piperidine rings is 1. The van der Waals surface area contributed by atoms with Crippen molar-refractivity contribution in [3.8, 4) is 0 Å². The summed E-state index contributed by atoms with van der Waals surface area (Å²) < 4.78 is 43.7. The van der Waals surface area contributed by atoms with E-state index in [0.29, 0.717) is 38.3 Å². The van der Waals surface area contributed by atoms with E-state index in [1.54, 1.807) is 0 Å². The molecule has 162 valence electrons. The van der Waals surface area contributed by atoms with E-state index in [0.717, 1.165) is 31.9 Å². The standard InChI is InChI=1S/C20H29F3N4O2/c1-14-12-26(13-15(2)29-14)10-7-24-19(28)16-5-8-27(9-6-16)18-4-3-17(11-25-18)20(21,22)23/h3-4,11,14-16H,5-10,12-13H2,1-2H3,(H,24,28). The van der Waals surface area contributed by atoms with E-state index in [9.17, 15) is 18.0 Å². The van der Waals surface area contributed by atoms with Crippen LogP contribution in [0.5, 0.6) is 0 Å². The van der Waals surface area contributed by atoms with Crippen LogP contribution < -0.4 is 10.2 Å². The lowest BCUT2D eigenvalue weighted by Crippen LogP contribution is -2.48. The van der Waals surface area contributed by atoms with Gasteiger partial charge in [-0.25, -0.2) is 4.98 Å². The number of nitrogens with zero attached hydrogens (tertiary/aromatic N) is 3. The molecule has 6 nitrogen and oxygen atoms in total. The minimum atomic E-state index is -4.38. The summed E-state index contributed by atoms with van der Waals surface area (Å²) in [5.74, 6) is 0.509. The van der Waals surface area contributed by atoms with Crippen molar-refractivity contribution >= 4 is 11.7 Å². The van der Waals surface area contributed by atoms with Crippen LogP contribution in [-0.4, -0.2) is 67.3 Å². The Morgan fingerprint density at radius 2 is 1.86 bits per heavy atom. The molecule has 0 aliphatic carbocycles. The Hall–Kier alpha value is -1.87. The predicted octanol–water partition coefficient (Wildman–Crippen LogP) is 2.54. The number of ether oxygens (including phenoxy) is 1. The summed E-state index contributed by atoms with van der Waals surface area (Å²) in [6.45, 7) is 8.49. The van der Waals surface area contributed by atoms with Gasteiger partial charge in [-0.3, -0.25) is 9.69 Å². The highest BCUT2D eigenvalue weighted by atomic mass is 19.4. The molecule has 9 heteroatoms. The molecule has 2 aliphatic heterocycles. The number of pyridine rings is 1. The second-order valence-corrected chi connectivity index (χ2v) is 7.97. The maximum absolute atomic E-state index is 12.7. The summed E-state index contributed by atoms with van der Waals surface area (Å²) in [6.07, 6.45) is -1.77. The van der Waals surface area contributed by atoms with Gasteiger partial charge in [-0.2, -0.15) is 13.2 Å². The summed E-state index contributed by atoms with van der Waals surface area (Å²) in [7, 11) is 0. The number of alkyl halides is 3. The first-order valence-corrected chi connectivity index (χ1v) is 10.2. The van der Waals surface area contributed by atoms with Crippen molar-refractivity contribution < 1.29 is 22.7 Å². The van der Waals surface area contributed by atoms with Crippen LogP contribution in [0.15, 0.2) is 18.3 Å². The summed E-state index contributed by atoms with van der Waals surface area (Å²) in [6, 6.07) is 2.45. The Morgan fingerprint density at radius 1 is 1.21 bits per heavy atom. The largest absolute Gasteiger partial charge is 0.417 e. The zero-order valence-electron chi connectivity index (χ0n) is 16.9. The number of rotatable bonds is 5. The number of nitrogens with one attached hydrogen (secondary N) is 1. The van der Waals surface area contributed by atoms with Crippen molar-refractivity contribution in [1.82, 2.24) is 15.2 Å². The fourth-order valence-electron chi connectivity index (χ4n) is 4.06. The maximum Gasteiger partial charge on any atom is 0.417 e. The minimum absolute atomic E-state index is 0.0550. The average molecular weight is 414 g/mol. The van der Waals surface area contributed by atoms with Gasteiger partial charge in [0.1, 0.15) is 5.82 Å². The number of aromatic nitrogens is 1. The van der Waals surface area contributed by atoms with E-state index >= 15 is 0 Å². The summed E-state index contributed by atoms with van der Waals surface area (Å²) >= 11 is 0. The molecule has 2 aliphatic rings. The number of morpholine rings is 1. The van der Waals surface area contributed by atoms with E-state index in [-0.39, 0.29) is 24.0 Å².